The Bertz CT molecular complexity index is 88.6. The Labute approximate surface area is 60.3 Å². The van der Waals surface area contributed by atoms with E-state index in [1.54, 1.807) is 6.04 Å². The molecule has 0 saturated carbocycles. The summed E-state index contributed by atoms with van der Waals surface area (Å²) in [6.07, 6.45) is 3.04. The van der Waals surface area contributed by atoms with E-state index in [2.05, 4.69) is 20.8 Å². The molecule has 53 valence electrons. The van der Waals surface area contributed by atoms with Crippen LogP contribution in [0.5, 0.6) is 0 Å². The van der Waals surface area contributed by atoms with Crippen LogP contribution in [0.3, 0.4) is 0 Å². The Morgan fingerprint density at radius 2 is 2.11 bits per heavy atom. The van der Waals surface area contributed by atoms with Gasteiger partial charge in [0.1, 0.15) is 0 Å². The van der Waals surface area contributed by atoms with Gasteiger partial charge in [0.2, 0.25) is 0 Å². The molecular weight excluding hydrogens is 124 g/mol. The standard InChI is InChI=1S/C8H17Si/c1-7(2)9-6-4-5-8(9)3/h7-8H,4-6H2,1-3H3. The summed E-state index contributed by atoms with van der Waals surface area (Å²) in [5.74, 6) is 0. The predicted octanol–water partition coefficient (Wildman–Crippen LogP) is 3.08. The molecule has 0 bridgehead atoms. The molecule has 1 radical (unpaired) electrons. The van der Waals surface area contributed by atoms with E-state index in [-0.39, 0.29) is 8.80 Å². The highest BCUT2D eigenvalue weighted by Gasteiger charge is 2.27. The summed E-state index contributed by atoms with van der Waals surface area (Å²) < 4.78 is 0. The van der Waals surface area contributed by atoms with E-state index < -0.39 is 0 Å². The SMILES string of the molecule is CC(C)[Si]1CCCC1C. The molecule has 1 heterocycles. The first kappa shape index (κ1) is 7.33. The second-order valence-corrected chi connectivity index (χ2v) is 7.31. The van der Waals surface area contributed by atoms with Crippen LogP contribution in [0.4, 0.5) is 0 Å². The highest BCUT2D eigenvalue weighted by Crippen LogP contribution is 2.35. The van der Waals surface area contributed by atoms with Gasteiger partial charge in [0.25, 0.3) is 0 Å². The zero-order chi connectivity index (χ0) is 6.85. The molecule has 1 heteroatoms. The van der Waals surface area contributed by atoms with Crippen LogP contribution >= 0.6 is 0 Å². The molecule has 1 atom stereocenters. The topological polar surface area (TPSA) is 0 Å². The van der Waals surface area contributed by atoms with Crippen molar-refractivity contribution in [2.45, 2.75) is 50.7 Å². The van der Waals surface area contributed by atoms with Gasteiger partial charge in [0.05, 0.1) is 8.80 Å². The lowest BCUT2D eigenvalue weighted by atomic mass is 10.3. The average molecular weight is 141 g/mol. The van der Waals surface area contributed by atoms with Crippen LogP contribution in [0.25, 0.3) is 0 Å². The van der Waals surface area contributed by atoms with E-state index in [0.29, 0.717) is 0 Å². The van der Waals surface area contributed by atoms with Gasteiger partial charge in [-0.3, -0.25) is 0 Å². The lowest BCUT2D eigenvalue weighted by Crippen LogP contribution is -2.15. The Kier molecular flexibility index (Phi) is 2.33. The quantitative estimate of drug-likeness (QED) is 0.492. The smallest absolute Gasteiger partial charge is 0.0537 e. The van der Waals surface area contributed by atoms with Crippen molar-refractivity contribution in [3.05, 3.63) is 0 Å². The van der Waals surface area contributed by atoms with Gasteiger partial charge in [0, 0.05) is 0 Å². The minimum Gasteiger partial charge on any atom is -0.0654 e. The second kappa shape index (κ2) is 2.87. The molecule has 1 unspecified atom stereocenters. The fourth-order valence-corrected chi connectivity index (χ4v) is 5.30. The van der Waals surface area contributed by atoms with Gasteiger partial charge in [-0.2, -0.15) is 0 Å². The number of hydrogen-bond acceptors (Lipinski definition) is 0. The maximum Gasteiger partial charge on any atom is 0.0537 e. The van der Waals surface area contributed by atoms with E-state index in [4.69, 9.17) is 0 Å². The third-order valence-corrected chi connectivity index (χ3v) is 6.45. The summed E-state index contributed by atoms with van der Waals surface area (Å²) in [6, 6.07) is 1.59. The van der Waals surface area contributed by atoms with E-state index >= 15 is 0 Å². The fraction of sp³-hybridized carbons (Fsp3) is 1.00. The first-order valence-electron chi connectivity index (χ1n) is 4.07. The van der Waals surface area contributed by atoms with Gasteiger partial charge in [0.15, 0.2) is 0 Å². The zero-order valence-corrected chi connectivity index (χ0v) is 7.78. The third-order valence-electron chi connectivity index (χ3n) is 2.48. The van der Waals surface area contributed by atoms with E-state index in [1.165, 1.54) is 12.8 Å². The minimum atomic E-state index is 0.0931. The van der Waals surface area contributed by atoms with Gasteiger partial charge < -0.3 is 0 Å². The van der Waals surface area contributed by atoms with Gasteiger partial charge in [-0.25, -0.2) is 0 Å². The molecule has 1 rings (SSSR count). The Morgan fingerprint density at radius 3 is 2.33 bits per heavy atom. The van der Waals surface area contributed by atoms with Crippen LogP contribution in [0.2, 0.25) is 17.1 Å². The number of rotatable bonds is 1. The van der Waals surface area contributed by atoms with Gasteiger partial charge in [-0.05, 0) is 5.54 Å². The molecule has 0 aromatic heterocycles. The molecule has 0 aromatic rings. The lowest BCUT2D eigenvalue weighted by Gasteiger charge is -2.16. The average Bonchev–Trinajstić information content (AvgIpc) is 2.13. The first-order chi connectivity index (χ1) is 4.22. The van der Waals surface area contributed by atoms with Crippen LogP contribution in [0.15, 0.2) is 0 Å². The molecule has 0 N–H and O–H groups in total. The highest BCUT2D eigenvalue weighted by atomic mass is 28.3. The van der Waals surface area contributed by atoms with Gasteiger partial charge >= 0.3 is 0 Å². The molecule has 0 aromatic carbocycles. The Morgan fingerprint density at radius 1 is 1.44 bits per heavy atom. The second-order valence-electron chi connectivity index (χ2n) is 3.52. The van der Waals surface area contributed by atoms with Crippen molar-refractivity contribution in [1.82, 2.24) is 0 Å². The predicted molar refractivity (Wildman–Crippen MR) is 44.3 cm³/mol. The lowest BCUT2D eigenvalue weighted by molar-refractivity contribution is 0.813. The number of hydrogen-bond donors (Lipinski definition) is 0. The van der Waals surface area contributed by atoms with Crippen LogP contribution in [0.1, 0.15) is 33.6 Å². The summed E-state index contributed by atoms with van der Waals surface area (Å²) >= 11 is 0. The van der Waals surface area contributed by atoms with Crippen molar-refractivity contribution < 1.29 is 0 Å². The third kappa shape index (κ3) is 1.57. The molecule has 0 spiro atoms. The van der Waals surface area contributed by atoms with Crippen molar-refractivity contribution in [2.24, 2.45) is 0 Å². The van der Waals surface area contributed by atoms with Crippen molar-refractivity contribution in [1.29, 1.82) is 0 Å². The maximum atomic E-state index is 2.45. The summed E-state index contributed by atoms with van der Waals surface area (Å²) in [4.78, 5) is 0. The summed E-state index contributed by atoms with van der Waals surface area (Å²) in [6.45, 7) is 7.24. The Balaban J connectivity index is 2.40. The molecule has 0 aliphatic carbocycles. The van der Waals surface area contributed by atoms with Crippen molar-refractivity contribution in [2.75, 3.05) is 0 Å². The maximum absolute atomic E-state index is 2.45. The van der Waals surface area contributed by atoms with Crippen LogP contribution in [-0.2, 0) is 0 Å². The van der Waals surface area contributed by atoms with Crippen LogP contribution < -0.4 is 0 Å². The summed E-state index contributed by atoms with van der Waals surface area (Å²) in [5.41, 5.74) is 2.13. The first-order valence-corrected chi connectivity index (χ1v) is 5.93. The van der Waals surface area contributed by atoms with E-state index in [1.807, 2.05) is 0 Å². The molecule has 1 aliphatic rings. The van der Waals surface area contributed by atoms with E-state index in [9.17, 15) is 0 Å². The molecule has 9 heavy (non-hydrogen) atoms. The largest absolute Gasteiger partial charge is 0.0654 e. The van der Waals surface area contributed by atoms with E-state index in [0.717, 1.165) is 11.1 Å². The molecule has 0 nitrogen and oxygen atoms in total. The molecule has 1 fully saturated rings. The van der Waals surface area contributed by atoms with Crippen LogP contribution in [-0.4, -0.2) is 8.80 Å². The summed E-state index contributed by atoms with van der Waals surface area (Å²) in [5, 5.41) is 0. The monoisotopic (exact) mass is 141 g/mol. The normalized spacial score (nSPS) is 30.0. The zero-order valence-electron chi connectivity index (χ0n) is 6.78. The minimum absolute atomic E-state index is 0.0931. The van der Waals surface area contributed by atoms with Gasteiger partial charge in [-0.1, -0.05) is 45.2 Å². The molecule has 1 saturated heterocycles. The molecular formula is C8H17Si. The molecule has 1 aliphatic heterocycles. The van der Waals surface area contributed by atoms with Crippen molar-refractivity contribution in [3.8, 4) is 0 Å². The fourth-order valence-electron chi connectivity index (χ4n) is 1.90. The van der Waals surface area contributed by atoms with Gasteiger partial charge in [-0.15, -0.1) is 0 Å². The Hall–Kier alpha value is 0.217. The highest BCUT2D eigenvalue weighted by molar-refractivity contribution is 6.62. The van der Waals surface area contributed by atoms with Crippen molar-refractivity contribution in [3.63, 3.8) is 0 Å². The summed E-state index contributed by atoms with van der Waals surface area (Å²) in [7, 11) is 0.0931. The van der Waals surface area contributed by atoms with Crippen molar-refractivity contribution >= 4 is 8.80 Å². The van der Waals surface area contributed by atoms with Crippen LogP contribution in [0, 0.1) is 0 Å². The molecule has 0 amide bonds.